The number of anilines is 1. The summed E-state index contributed by atoms with van der Waals surface area (Å²) in [5.41, 5.74) is 1.21. The molecule has 3 aromatic rings. The van der Waals surface area contributed by atoms with Gasteiger partial charge in [-0.2, -0.15) is 17.7 Å². The second-order valence-corrected chi connectivity index (χ2v) is 6.61. The van der Waals surface area contributed by atoms with Gasteiger partial charge in [0.2, 0.25) is 0 Å². The van der Waals surface area contributed by atoms with Crippen LogP contribution in [0.25, 0.3) is 5.65 Å². The number of rotatable bonds is 3. The summed E-state index contributed by atoms with van der Waals surface area (Å²) in [6.45, 7) is 5.01. The van der Waals surface area contributed by atoms with Gasteiger partial charge in [0.1, 0.15) is 5.82 Å². The summed E-state index contributed by atoms with van der Waals surface area (Å²) in [5.74, 6) is -0.622. The van der Waals surface area contributed by atoms with E-state index in [0.717, 1.165) is 23.2 Å². The minimum absolute atomic E-state index is 0.0781. The Hall–Kier alpha value is -2.75. The molecule has 4 rings (SSSR count). The second kappa shape index (κ2) is 6.76. The molecule has 1 fully saturated rings. The minimum Gasteiger partial charge on any atom is -0.352 e. The Morgan fingerprint density at radius 1 is 1.15 bits per heavy atom. The van der Waals surface area contributed by atoms with Crippen molar-refractivity contribution in [2.75, 3.05) is 24.5 Å². The number of aromatic nitrogens is 5. The zero-order valence-electron chi connectivity index (χ0n) is 14.6. The Morgan fingerprint density at radius 2 is 2.00 bits per heavy atom. The molecule has 142 valence electrons. The van der Waals surface area contributed by atoms with E-state index < -0.39 is 12.0 Å². The number of pyridine rings is 1. The van der Waals surface area contributed by atoms with E-state index >= 15 is 0 Å². The van der Waals surface area contributed by atoms with Crippen molar-refractivity contribution in [3.8, 4) is 0 Å². The number of halogens is 3. The van der Waals surface area contributed by atoms with Gasteiger partial charge in [0.25, 0.3) is 5.82 Å². The predicted molar refractivity (Wildman–Crippen MR) is 92.1 cm³/mol. The van der Waals surface area contributed by atoms with Crippen molar-refractivity contribution in [1.29, 1.82) is 0 Å². The summed E-state index contributed by atoms with van der Waals surface area (Å²) in [4.78, 5) is 8.45. The highest BCUT2D eigenvalue weighted by atomic mass is 19.4. The summed E-state index contributed by atoms with van der Waals surface area (Å²) in [6, 6.07) is 7.36. The fourth-order valence-electron chi connectivity index (χ4n) is 3.29. The summed E-state index contributed by atoms with van der Waals surface area (Å²) >= 11 is 0. The number of hydrogen-bond acceptors (Lipinski definition) is 6. The molecule has 0 unspecified atom stereocenters. The van der Waals surface area contributed by atoms with Gasteiger partial charge in [0, 0.05) is 44.6 Å². The third kappa shape index (κ3) is 3.57. The topological polar surface area (TPSA) is 62.5 Å². The molecule has 0 amide bonds. The quantitative estimate of drug-likeness (QED) is 0.698. The van der Waals surface area contributed by atoms with Crippen LogP contribution >= 0.6 is 0 Å². The molecular weight excluding hydrogens is 359 g/mol. The number of nitrogens with zero attached hydrogens (tertiary/aromatic N) is 7. The average molecular weight is 377 g/mol. The molecule has 3 aromatic heterocycles. The van der Waals surface area contributed by atoms with Crippen molar-refractivity contribution in [2.45, 2.75) is 25.7 Å². The molecule has 10 heteroatoms. The maximum Gasteiger partial charge on any atom is 0.453 e. The van der Waals surface area contributed by atoms with Crippen molar-refractivity contribution < 1.29 is 13.2 Å². The first-order valence-corrected chi connectivity index (χ1v) is 8.59. The molecule has 1 atom stereocenters. The lowest BCUT2D eigenvalue weighted by molar-refractivity contribution is -0.146. The van der Waals surface area contributed by atoms with E-state index in [9.17, 15) is 13.2 Å². The van der Waals surface area contributed by atoms with Gasteiger partial charge < -0.3 is 4.90 Å². The van der Waals surface area contributed by atoms with Crippen LogP contribution in [0.4, 0.5) is 19.0 Å². The molecular formula is C17H18F3N7. The molecule has 0 saturated carbocycles. The number of fused-ring (bicyclic) bond motifs is 1. The average Bonchev–Trinajstić information content (AvgIpc) is 3.08. The highest BCUT2D eigenvalue weighted by Crippen LogP contribution is 2.28. The summed E-state index contributed by atoms with van der Waals surface area (Å²) in [6.07, 6.45) is -1.01. The van der Waals surface area contributed by atoms with Crippen molar-refractivity contribution in [1.82, 2.24) is 29.7 Å². The maximum absolute atomic E-state index is 13.1. The fourth-order valence-corrected chi connectivity index (χ4v) is 3.29. The van der Waals surface area contributed by atoms with Gasteiger partial charge in [0.05, 0.1) is 0 Å². The molecule has 0 spiro atoms. The zero-order chi connectivity index (χ0) is 19.0. The zero-order valence-corrected chi connectivity index (χ0v) is 14.6. The Kier molecular flexibility index (Phi) is 4.42. The van der Waals surface area contributed by atoms with E-state index in [4.69, 9.17) is 0 Å². The molecule has 0 radical (unpaired) electrons. The van der Waals surface area contributed by atoms with Crippen molar-refractivity contribution in [3.05, 3.63) is 48.0 Å². The molecule has 27 heavy (non-hydrogen) atoms. The van der Waals surface area contributed by atoms with E-state index in [-0.39, 0.29) is 11.7 Å². The lowest BCUT2D eigenvalue weighted by atomic mass is 10.1. The first-order valence-electron chi connectivity index (χ1n) is 8.59. The van der Waals surface area contributed by atoms with Gasteiger partial charge in [-0.15, -0.1) is 15.3 Å². The Labute approximate surface area is 153 Å². The van der Waals surface area contributed by atoms with Gasteiger partial charge in [-0.05, 0) is 30.7 Å². The van der Waals surface area contributed by atoms with Crippen LogP contribution in [0.3, 0.4) is 0 Å². The van der Waals surface area contributed by atoms with Crippen molar-refractivity contribution >= 4 is 11.5 Å². The molecule has 0 aromatic carbocycles. The molecule has 1 aliphatic heterocycles. The number of hydrogen-bond donors (Lipinski definition) is 0. The molecule has 0 bridgehead atoms. The van der Waals surface area contributed by atoms with Crippen LogP contribution in [0.1, 0.15) is 18.3 Å². The van der Waals surface area contributed by atoms with Crippen LogP contribution in [-0.2, 0) is 12.7 Å². The summed E-state index contributed by atoms with van der Waals surface area (Å²) in [7, 11) is 0. The van der Waals surface area contributed by atoms with Crippen LogP contribution in [0.5, 0.6) is 0 Å². The van der Waals surface area contributed by atoms with Crippen LogP contribution in [0.2, 0.25) is 0 Å². The molecule has 7 nitrogen and oxygen atoms in total. The monoisotopic (exact) mass is 377 g/mol. The van der Waals surface area contributed by atoms with E-state index in [1.165, 1.54) is 6.07 Å². The van der Waals surface area contributed by atoms with Gasteiger partial charge in [-0.3, -0.25) is 9.88 Å². The van der Waals surface area contributed by atoms with Crippen LogP contribution in [0.15, 0.2) is 36.7 Å². The Morgan fingerprint density at radius 3 is 2.70 bits per heavy atom. The molecule has 1 saturated heterocycles. The van der Waals surface area contributed by atoms with Crippen molar-refractivity contribution in [2.24, 2.45) is 0 Å². The van der Waals surface area contributed by atoms with E-state index in [1.54, 1.807) is 12.3 Å². The van der Waals surface area contributed by atoms with E-state index in [2.05, 4.69) is 32.1 Å². The lowest BCUT2D eigenvalue weighted by Crippen LogP contribution is -2.51. The minimum atomic E-state index is -4.60. The third-order valence-corrected chi connectivity index (χ3v) is 4.70. The van der Waals surface area contributed by atoms with Crippen LogP contribution < -0.4 is 4.90 Å². The first-order chi connectivity index (χ1) is 12.9. The SMILES string of the molecule is C[C@@H]1CN(c2ccc3nnc(C(F)(F)F)n3n2)CCN1Cc1cccnc1. The Balaban J connectivity index is 1.52. The second-order valence-electron chi connectivity index (χ2n) is 6.61. The number of piperazine rings is 1. The number of alkyl halides is 3. The maximum atomic E-state index is 13.1. The highest BCUT2D eigenvalue weighted by Gasteiger charge is 2.38. The molecule has 0 N–H and O–H groups in total. The molecule has 4 heterocycles. The fraction of sp³-hybridized carbons (Fsp3) is 0.412. The Bertz CT molecular complexity index is 925. The predicted octanol–water partition coefficient (Wildman–Crippen LogP) is 2.25. The largest absolute Gasteiger partial charge is 0.453 e. The van der Waals surface area contributed by atoms with Gasteiger partial charge in [0.15, 0.2) is 5.65 Å². The normalized spacial score (nSPS) is 19.0. The summed E-state index contributed by atoms with van der Waals surface area (Å²) in [5, 5.41) is 10.9. The lowest BCUT2D eigenvalue weighted by Gasteiger charge is -2.40. The first kappa shape index (κ1) is 17.7. The third-order valence-electron chi connectivity index (χ3n) is 4.70. The van der Waals surface area contributed by atoms with Gasteiger partial charge in [-0.1, -0.05) is 6.07 Å². The van der Waals surface area contributed by atoms with E-state index in [0.29, 0.717) is 18.9 Å². The smallest absolute Gasteiger partial charge is 0.352 e. The standard InChI is InChI=1S/C17H18F3N7/c1-12-10-26(8-7-25(12)11-13-3-2-6-21-9-13)15-5-4-14-22-23-16(17(18,19)20)27(14)24-15/h2-6,9,12H,7-8,10-11H2,1H3/t12-/m1/s1. The van der Waals surface area contributed by atoms with Gasteiger partial charge in [-0.25, -0.2) is 0 Å². The van der Waals surface area contributed by atoms with Gasteiger partial charge >= 0.3 is 6.18 Å². The molecule has 1 aliphatic rings. The van der Waals surface area contributed by atoms with Crippen molar-refractivity contribution in [3.63, 3.8) is 0 Å². The van der Waals surface area contributed by atoms with E-state index in [1.807, 2.05) is 23.2 Å². The van der Waals surface area contributed by atoms with Crippen LogP contribution in [0, 0.1) is 0 Å². The van der Waals surface area contributed by atoms with Crippen LogP contribution in [-0.4, -0.2) is 55.4 Å². The highest BCUT2D eigenvalue weighted by molar-refractivity contribution is 5.46. The summed E-state index contributed by atoms with van der Waals surface area (Å²) < 4.78 is 39.9. The molecule has 0 aliphatic carbocycles.